The first-order valence-electron chi connectivity index (χ1n) is 5.64. The number of carbonyl (C=O) groups excluding carboxylic acids is 1. The highest BCUT2D eigenvalue weighted by molar-refractivity contribution is 5.86. The van der Waals surface area contributed by atoms with Gasteiger partial charge in [-0.1, -0.05) is 50.6 Å². The van der Waals surface area contributed by atoms with Crippen molar-refractivity contribution in [3.05, 3.63) is 35.4 Å². The molecule has 0 bridgehead atoms. The van der Waals surface area contributed by atoms with Gasteiger partial charge in [0.05, 0.1) is 6.04 Å². The Bertz CT molecular complexity index is 377. The van der Waals surface area contributed by atoms with E-state index in [1.54, 1.807) is 0 Å². The van der Waals surface area contributed by atoms with Gasteiger partial charge >= 0.3 is 0 Å². The van der Waals surface area contributed by atoms with E-state index in [2.05, 4.69) is 0 Å². The maximum atomic E-state index is 11.9. The molecule has 2 nitrogen and oxygen atoms in total. The van der Waals surface area contributed by atoms with Gasteiger partial charge in [-0.2, -0.15) is 0 Å². The standard InChI is InChI=1S/C14H21NO/c1-10-6-5-7-11(8-10)9-12(16)13(15)14(2,3)4/h5-8,13H,9,15H2,1-4H3. The van der Waals surface area contributed by atoms with Gasteiger partial charge in [0, 0.05) is 6.42 Å². The number of Topliss-reactive ketones (excluding diaryl/α,β-unsaturated/α-hetero) is 1. The molecular weight excluding hydrogens is 198 g/mol. The van der Waals surface area contributed by atoms with Crippen LogP contribution in [0, 0.1) is 12.3 Å². The molecule has 0 amide bonds. The van der Waals surface area contributed by atoms with Crippen LogP contribution in [0.3, 0.4) is 0 Å². The summed E-state index contributed by atoms with van der Waals surface area (Å²) in [5, 5.41) is 0. The number of carbonyl (C=O) groups is 1. The van der Waals surface area contributed by atoms with Crippen LogP contribution in [0.25, 0.3) is 0 Å². The van der Waals surface area contributed by atoms with E-state index in [9.17, 15) is 4.79 Å². The van der Waals surface area contributed by atoms with Crippen molar-refractivity contribution in [3.63, 3.8) is 0 Å². The molecular formula is C14H21NO. The number of hydrogen-bond donors (Lipinski definition) is 1. The average molecular weight is 219 g/mol. The van der Waals surface area contributed by atoms with Gasteiger partial charge in [0.2, 0.25) is 0 Å². The van der Waals surface area contributed by atoms with Gasteiger partial charge in [-0.3, -0.25) is 4.79 Å². The van der Waals surface area contributed by atoms with E-state index in [-0.39, 0.29) is 11.2 Å². The maximum absolute atomic E-state index is 11.9. The van der Waals surface area contributed by atoms with Crippen molar-refractivity contribution in [1.82, 2.24) is 0 Å². The van der Waals surface area contributed by atoms with Gasteiger partial charge in [0.1, 0.15) is 0 Å². The fourth-order valence-electron chi connectivity index (χ4n) is 1.62. The van der Waals surface area contributed by atoms with Gasteiger partial charge in [-0.15, -0.1) is 0 Å². The lowest BCUT2D eigenvalue weighted by molar-refractivity contribution is -0.121. The lowest BCUT2D eigenvalue weighted by Gasteiger charge is -2.25. The van der Waals surface area contributed by atoms with Crippen LogP contribution in [-0.2, 0) is 11.2 Å². The Morgan fingerprint density at radius 3 is 2.50 bits per heavy atom. The summed E-state index contributed by atoms with van der Waals surface area (Å²) in [6.45, 7) is 8.00. The van der Waals surface area contributed by atoms with Crippen molar-refractivity contribution in [2.45, 2.75) is 40.2 Å². The molecule has 0 aromatic heterocycles. The van der Waals surface area contributed by atoms with Gasteiger partial charge in [-0.05, 0) is 17.9 Å². The fraction of sp³-hybridized carbons (Fsp3) is 0.500. The van der Waals surface area contributed by atoms with Gasteiger partial charge < -0.3 is 5.73 Å². The van der Waals surface area contributed by atoms with Gasteiger partial charge in [0.25, 0.3) is 0 Å². The summed E-state index contributed by atoms with van der Waals surface area (Å²) >= 11 is 0. The molecule has 1 atom stereocenters. The fourth-order valence-corrected chi connectivity index (χ4v) is 1.62. The van der Waals surface area contributed by atoms with Crippen LogP contribution in [0.1, 0.15) is 31.9 Å². The monoisotopic (exact) mass is 219 g/mol. The summed E-state index contributed by atoms with van der Waals surface area (Å²) in [6, 6.07) is 7.61. The van der Waals surface area contributed by atoms with Gasteiger partial charge in [0.15, 0.2) is 5.78 Å². The second-order valence-electron chi connectivity index (χ2n) is 5.48. The third-order valence-corrected chi connectivity index (χ3v) is 2.74. The Balaban J connectivity index is 2.72. The lowest BCUT2D eigenvalue weighted by Crippen LogP contribution is -2.43. The van der Waals surface area contributed by atoms with E-state index < -0.39 is 6.04 Å². The Morgan fingerprint density at radius 2 is 2.00 bits per heavy atom. The van der Waals surface area contributed by atoms with E-state index in [1.165, 1.54) is 5.56 Å². The molecule has 0 aliphatic carbocycles. The zero-order chi connectivity index (χ0) is 12.3. The minimum Gasteiger partial charge on any atom is -0.321 e. The van der Waals surface area contributed by atoms with E-state index in [4.69, 9.17) is 5.73 Å². The number of rotatable bonds is 3. The van der Waals surface area contributed by atoms with Crippen molar-refractivity contribution < 1.29 is 4.79 Å². The molecule has 1 unspecified atom stereocenters. The zero-order valence-corrected chi connectivity index (χ0v) is 10.6. The van der Waals surface area contributed by atoms with E-state index in [0.717, 1.165) is 5.56 Å². The molecule has 0 aliphatic rings. The summed E-state index contributed by atoms with van der Waals surface area (Å²) in [5.41, 5.74) is 7.99. The highest BCUT2D eigenvalue weighted by Crippen LogP contribution is 2.19. The summed E-state index contributed by atoms with van der Waals surface area (Å²) in [4.78, 5) is 11.9. The minimum atomic E-state index is -0.395. The molecule has 0 radical (unpaired) electrons. The maximum Gasteiger partial charge on any atom is 0.154 e. The van der Waals surface area contributed by atoms with Gasteiger partial charge in [-0.25, -0.2) is 0 Å². The first-order chi connectivity index (χ1) is 7.30. The molecule has 2 heteroatoms. The van der Waals surface area contributed by atoms with Crippen molar-refractivity contribution >= 4 is 5.78 Å². The Morgan fingerprint density at radius 1 is 1.38 bits per heavy atom. The van der Waals surface area contributed by atoms with Crippen LogP contribution in [0.4, 0.5) is 0 Å². The molecule has 0 saturated heterocycles. The topological polar surface area (TPSA) is 43.1 Å². The number of hydrogen-bond acceptors (Lipinski definition) is 2. The van der Waals surface area contributed by atoms with Crippen molar-refractivity contribution in [2.75, 3.05) is 0 Å². The zero-order valence-electron chi connectivity index (χ0n) is 10.6. The van der Waals surface area contributed by atoms with E-state index in [1.807, 2.05) is 52.0 Å². The molecule has 0 fully saturated rings. The summed E-state index contributed by atoms with van der Waals surface area (Å²) in [7, 11) is 0. The smallest absolute Gasteiger partial charge is 0.154 e. The Labute approximate surface area is 97.9 Å². The highest BCUT2D eigenvalue weighted by atomic mass is 16.1. The lowest BCUT2D eigenvalue weighted by atomic mass is 9.83. The molecule has 2 N–H and O–H groups in total. The molecule has 88 valence electrons. The second-order valence-corrected chi connectivity index (χ2v) is 5.48. The molecule has 1 aromatic rings. The quantitative estimate of drug-likeness (QED) is 0.848. The third kappa shape index (κ3) is 3.46. The highest BCUT2D eigenvalue weighted by Gasteiger charge is 2.26. The average Bonchev–Trinajstić information content (AvgIpc) is 2.15. The van der Waals surface area contributed by atoms with Crippen LogP contribution in [0.15, 0.2) is 24.3 Å². The van der Waals surface area contributed by atoms with Crippen LogP contribution in [0.5, 0.6) is 0 Å². The minimum absolute atomic E-state index is 0.109. The van der Waals surface area contributed by atoms with Crippen molar-refractivity contribution in [3.8, 4) is 0 Å². The second kappa shape index (κ2) is 4.79. The van der Waals surface area contributed by atoms with Crippen LogP contribution < -0.4 is 5.73 Å². The summed E-state index contributed by atoms with van der Waals surface area (Å²) in [6.07, 6.45) is 0.431. The number of benzene rings is 1. The largest absolute Gasteiger partial charge is 0.321 e. The predicted octanol–water partition coefficient (Wildman–Crippen LogP) is 2.48. The predicted molar refractivity (Wildman–Crippen MR) is 67.3 cm³/mol. The van der Waals surface area contributed by atoms with E-state index in [0.29, 0.717) is 6.42 Å². The van der Waals surface area contributed by atoms with Crippen molar-refractivity contribution in [2.24, 2.45) is 11.1 Å². The van der Waals surface area contributed by atoms with Crippen molar-refractivity contribution in [1.29, 1.82) is 0 Å². The molecule has 0 spiro atoms. The molecule has 0 aliphatic heterocycles. The number of nitrogens with two attached hydrogens (primary N) is 1. The van der Waals surface area contributed by atoms with E-state index >= 15 is 0 Å². The first-order valence-corrected chi connectivity index (χ1v) is 5.64. The normalized spacial score (nSPS) is 13.6. The Hall–Kier alpha value is -1.15. The SMILES string of the molecule is Cc1cccc(CC(=O)C(N)C(C)(C)C)c1. The first kappa shape index (κ1) is 12.9. The third-order valence-electron chi connectivity index (χ3n) is 2.74. The summed E-state index contributed by atoms with van der Waals surface area (Å²) < 4.78 is 0. The molecule has 1 aromatic carbocycles. The summed E-state index contributed by atoms with van der Waals surface area (Å²) in [5.74, 6) is 0.109. The Kier molecular flexibility index (Phi) is 3.87. The van der Waals surface area contributed by atoms with Crippen LogP contribution >= 0.6 is 0 Å². The molecule has 1 rings (SSSR count). The van der Waals surface area contributed by atoms with Crippen LogP contribution in [0.2, 0.25) is 0 Å². The van der Waals surface area contributed by atoms with Crippen LogP contribution in [-0.4, -0.2) is 11.8 Å². The molecule has 16 heavy (non-hydrogen) atoms. The molecule has 0 saturated carbocycles. The molecule has 0 heterocycles. The number of aryl methyl sites for hydroxylation is 1. The number of ketones is 1.